The van der Waals surface area contributed by atoms with Crippen molar-refractivity contribution in [3.8, 4) is 0 Å². The molecule has 70 valence electrons. The lowest BCUT2D eigenvalue weighted by molar-refractivity contribution is -0.0160. The zero-order valence-electron chi connectivity index (χ0n) is 8.02. The molecule has 2 heteroatoms. The number of halogens is 1. The molecular weight excluding hydrogens is 261 g/mol. The van der Waals surface area contributed by atoms with Crippen molar-refractivity contribution in [2.45, 2.75) is 43.1 Å². The second-order valence-corrected chi connectivity index (χ2v) is 6.60. The second-order valence-electron chi connectivity index (χ2n) is 4.84. The van der Waals surface area contributed by atoms with Gasteiger partial charge in [-0.1, -0.05) is 22.6 Å². The monoisotopic (exact) mass is 279 g/mol. The Bertz CT molecular complexity index is 173. The maximum atomic E-state index is 2.62. The molecule has 1 unspecified atom stereocenters. The molecule has 1 saturated carbocycles. The number of likely N-dealkylation sites (tertiary alicyclic amines) is 1. The van der Waals surface area contributed by atoms with Crippen molar-refractivity contribution in [3.05, 3.63) is 0 Å². The Morgan fingerprint density at radius 1 is 1.42 bits per heavy atom. The van der Waals surface area contributed by atoms with Crippen LogP contribution in [-0.4, -0.2) is 28.0 Å². The van der Waals surface area contributed by atoms with Crippen LogP contribution in [0.2, 0.25) is 0 Å². The summed E-state index contributed by atoms with van der Waals surface area (Å²) < 4.78 is 0.969. The van der Waals surface area contributed by atoms with E-state index in [4.69, 9.17) is 0 Å². The van der Waals surface area contributed by atoms with Gasteiger partial charge < -0.3 is 0 Å². The van der Waals surface area contributed by atoms with Crippen LogP contribution in [-0.2, 0) is 0 Å². The molecule has 0 radical (unpaired) electrons. The van der Waals surface area contributed by atoms with E-state index in [-0.39, 0.29) is 0 Å². The molecule has 1 saturated heterocycles. The van der Waals surface area contributed by atoms with E-state index in [9.17, 15) is 0 Å². The molecule has 1 aliphatic carbocycles. The van der Waals surface area contributed by atoms with Gasteiger partial charge in [-0.25, -0.2) is 0 Å². The maximum Gasteiger partial charge on any atom is 0.0116 e. The smallest absolute Gasteiger partial charge is 0.0116 e. The predicted molar refractivity (Wildman–Crippen MR) is 60.8 cm³/mol. The Kier molecular flexibility index (Phi) is 2.41. The topological polar surface area (TPSA) is 3.24 Å². The third-order valence-corrected chi connectivity index (χ3v) is 4.51. The number of nitrogens with zero attached hydrogens (tertiary/aromatic N) is 1. The fraction of sp³-hybridized carbons (Fsp3) is 1.00. The van der Waals surface area contributed by atoms with Crippen LogP contribution < -0.4 is 0 Å². The molecule has 0 aromatic heterocycles. The van der Waals surface area contributed by atoms with Crippen LogP contribution in [0.15, 0.2) is 0 Å². The zero-order valence-corrected chi connectivity index (χ0v) is 10.2. The lowest BCUT2D eigenvalue weighted by Gasteiger charge is -2.50. The van der Waals surface area contributed by atoms with Crippen LogP contribution in [0.4, 0.5) is 0 Å². The van der Waals surface area contributed by atoms with Gasteiger partial charge in [0.25, 0.3) is 0 Å². The molecule has 1 spiro atoms. The molecule has 2 rings (SSSR count). The van der Waals surface area contributed by atoms with Crippen molar-refractivity contribution in [2.75, 3.05) is 13.1 Å². The number of hydrogen-bond acceptors (Lipinski definition) is 1. The summed E-state index contributed by atoms with van der Waals surface area (Å²) in [5.74, 6) is 0. The highest BCUT2D eigenvalue weighted by Gasteiger charge is 2.47. The third-order valence-electron chi connectivity index (χ3n) is 3.45. The molecule has 0 aromatic rings. The summed E-state index contributed by atoms with van der Waals surface area (Å²) >= 11 is 2.62. The van der Waals surface area contributed by atoms with Crippen molar-refractivity contribution in [1.82, 2.24) is 4.90 Å². The summed E-state index contributed by atoms with van der Waals surface area (Å²) in [6.07, 6.45) is 4.44. The Morgan fingerprint density at radius 3 is 2.50 bits per heavy atom. The van der Waals surface area contributed by atoms with E-state index in [1.807, 2.05) is 0 Å². The first kappa shape index (κ1) is 9.25. The van der Waals surface area contributed by atoms with Gasteiger partial charge in [-0.3, -0.25) is 4.90 Å². The van der Waals surface area contributed by atoms with Crippen LogP contribution in [0.25, 0.3) is 0 Å². The minimum absolute atomic E-state index is 0.760. The average Bonchev–Trinajstić information content (AvgIpc) is 2.27. The molecule has 0 amide bonds. The molecule has 2 aliphatic rings. The van der Waals surface area contributed by atoms with E-state index in [2.05, 4.69) is 41.3 Å². The highest BCUT2D eigenvalue weighted by Crippen LogP contribution is 2.48. The van der Waals surface area contributed by atoms with E-state index < -0.39 is 0 Å². The molecular formula is C10H18IN. The van der Waals surface area contributed by atoms with Gasteiger partial charge in [0.15, 0.2) is 0 Å². The lowest BCUT2D eigenvalue weighted by atomic mass is 9.77. The first-order valence-corrected chi connectivity index (χ1v) is 6.24. The van der Waals surface area contributed by atoms with Crippen molar-refractivity contribution < 1.29 is 0 Å². The van der Waals surface area contributed by atoms with Crippen LogP contribution in [0.1, 0.15) is 33.1 Å². The van der Waals surface area contributed by atoms with Crippen LogP contribution in [0.3, 0.4) is 0 Å². The molecule has 12 heavy (non-hydrogen) atoms. The Labute approximate surface area is 89.0 Å². The fourth-order valence-electron chi connectivity index (χ4n) is 2.60. The first-order valence-electron chi connectivity index (χ1n) is 4.99. The number of rotatable bonds is 1. The average molecular weight is 279 g/mol. The van der Waals surface area contributed by atoms with Gasteiger partial charge in [-0.2, -0.15) is 0 Å². The van der Waals surface area contributed by atoms with Gasteiger partial charge in [0, 0.05) is 23.1 Å². The highest BCUT2D eigenvalue weighted by atomic mass is 127. The van der Waals surface area contributed by atoms with E-state index >= 15 is 0 Å². The predicted octanol–water partition coefficient (Wildman–Crippen LogP) is 2.68. The minimum Gasteiger partial charge on any atom is -0.300 e. The first-order chi connectivity index (χ1) is 5.61. The van der Waals surface area contributed by atoms with Crippen LogP contribution >= 0.6 is 22.6 Å². The Hall–Kier alpha value is 0.690. The Balaban J connectivity index is 1.87. The summed E-state index contributed by atoms with van der Waals surface area (Å²) in [4.78, 5) is 2.61. The van der Waals surface area contributed by atoms with Crippen LogP contribution in [0.5, 0.6) is 0 Å². The normalized spacial score (nSPS) is 34.5. The molecule has 2 fully saturated rings. The summed E-state index contributed by atoms with van der Waals surface area (Å²) in [6.45, 7) is 7.38. The van der Waals surface area contributed by atoms with Crippen LogP contribution in [0, 0.1) is 5.41 Å². The van der Waals surface area contributed by atoms with Gasteiger partial charge in [0.05, 0.1) is 0 Å². The van der Waals surface area contributed by atoms with Gasteiger partial charge in [-0.15, -0.1) is 0 Å². The van der Waals surface area contributed by atoms with Crippen molar-refractivity contribution in [2.24, 2.45) is 5.41 Å². The summed E-state index contributed by atoms with van der Waals surface area (Å²) in [6, 6.07) is 0.767. The van der Waals surface area contributed by atoms with Crippen molar-refractivity contribution >= 4 is 22.6 Å². The third kappa shape index (κ3) is 1.52. The molecule has 1 nitrogen and oxygen atoms in total. The standard InChI is InChI=1S/C10H18IN/c1-8(2)12-6-10(7-12)4-3-9(11)5-10/h8-9H,3-7H2,1-2H3. The van der Waals surface area contributed by atoms with E-state index in [0.717, 1.165) is 15.4 Å². The van der Waals surface area contributed by atoms with Gasteiger partial charge in [0.2, 0.25) is 0 Å². The zero-order chi connectivity index (χ0) is 8.77. The molecule has 1 aliphatic heterocycles. The summed E-state index contributed by atoms with van der Waals surface area (Å²) in [5.41, 5.74) is 0.760. The van der Waals surface area contributed by atoms with Gasteiger partial charge in [-0.05, 0) is 38.5 Å². The summed E-state index contributed by atoms with van der Waals surface area (Å²) in [5, 5.41) is 0. The lowest BCUT2D eigenvalue weighted by Crippen LogP contribution is -2.57. The quantitative estimate of drug-likeness (QED) is 0.527. The van der Waals surface area contributed by atoms with E-state index in [1.54, 1.807) is 0 Å². The molecule has 1 atom stereocenters. The SMILES string of the molecule is CC(C)N1CC2(CCC(I)C2)C1. The second kappa shape index (κ2) is 3.12. The number of hydrogen-bond donors (Lipinski definition) is 0. The molecule has 0 aromatic carbocycles. The maximum absolute atomic E-state index is 2.62. The van der Waals surface area contributed by atoms with Gasteiger partial charge in [0.1, 0.15) is 0 Å². The van der Waals surface area contributed by atoms with E-state index in [0.29, 0.717) is 0 Å². The van der Waals surface area contributed by atoms with Gasteiger partial charge >= 0.3 is 0 Å². The fourth-order valence-corrected chi connectivity index (χ4v) is 3.85. The van der Waals surface area contributed by atoms with Crippen molar-refractivity contribution in [1.29, 1.82) is 0 Å². The Morgan fingerprint density at radius 2 is 2.08 bits per heavy atom. The van der Waals surface area contributed by atoms with Crippen molar-refractivity contribution in [3.63, 3.8) is 0 Å². The van der Waals surface area contributed by atoms with E-state index in [1.165, 1.54) is 32.4 Å². The minimum atomic E-state index is 0.760. The molecule has 0 bridgehead atoms. The molecule has 1 heterocycles. The largest absolute Gasteiger partial charge is 0.300 e. The molecule has 0 N–H and O–H groups in total. The number of alkyl halides is 1. The summed E-state index contributed by atoms with van der Waals surface area (Å²) in [7, 11) is 0. The highest BCUT2D eigenvalue weighted by molar-refractivity contribution is 14.1.